The fourth-order valence-corrected chi connectivity index (χ4v) is 10.4. The van der Waals surface area contributed by atoms with Gasteiger partial charge in [0, 0.05) is 22.2 Å². The van der Waals surface area contributed by atoms with Gasteiger partial charge >= 0.3 is 0 Å². The molecule has 0 spiro atoms. The summed E-state index contributed by atoms with van der Waals surface area (Å²) >= 11 is 0. The van der Waals surface area contributed by atoms with E-state index in [2.05, 4.69) is 115 Å². The maximum absolute atomic E-state index is 5.48. The minimum absolute atomic E-state index is 0.251. The molecule has 198 valence electrons. The third kappa shape index (κ3) is 6.30. The Hall–Kier alpha value is -3.10. The topological polar surface area (TPSA) is 40.2 Å². The first-order valence-electron chi connectivity index (χ1n) is 12.4. The zero-order valence-electron chi connectivity index (χ0n) is 22.8. The van der Waals surface area contributed by atoms with Crippen molar-refractivity contribution in [3.8, 4) is 23.0 Å². The molecule has 0 saturated carbocycles. The third-order valence-corrected chi connectivity index (χ3v) is 12.1. The number of rotatable bonds is 11. The molecule has 0 atom stereocenters. The second kappa shape index (κ2) is 13.1. The largest absolute Gasteiger partial charge is 0.497 e. The van der Waals surface area contributed by atoms with Gasteiger partial charge in [0.15, 0.2) is 0 Å². The second-order valence-electron chi connectivity index (χ2n) is 8.83. The lowest BCUT2D eigenvalue weighted by molar-refractivity contribution is 0.415. The molecule has 0 amide bonds. The number of hydrogen-bond acceptors (Lipinski definition) is 5. The van der Waals surface area contributed by atoms with E-state index in [1.807, 2.05) is 0 Å². The van der Waals surface area contributed by atoms with Crippen molar-refractivity contribution in [2.45, 2.75) is 19.9 Å². The molecular weight excluding hydrogens is 512 g/mol. The predicted octanol–water partition coefficient (Wildman–Crippen LogP) is 5.83. The molecule has 4 rings (SSSR count). The van der Waals surface area contributed by atoms with Crippen molar-refractivity contribution in [1.82, 2.24) is 4.44 Å². The molecule has 4 aromatic rings. The van der Waals surface area contributed by atoms with Gasteiger partial charge in [-0.2, -0.15) is 0 Å². The number of methoxy groups -OCH3 is 4. The summed E-state index contributed by atoms with van der Waals surface area (Å²) in [5, 5.41) is 5.03. The van der Waals surface area contributed by atoms with Gasteiger partial charge in [-0.3, -0.25) is 0 Å². The lowest BCUT2D eigenvalue weighted by Gasteiger charge is -2.41. The first kappa shape index (κ1) is 27.9. The first-order valence-corrected chi connectivity index (χ1v) is 15.0. The van der Waals surface area contributed by atoms with Crippen LogP contribution in [0.2, 0.25) is 0 Å². The Labute approximate surface area is 228 Å². The molecule has 0 unspecified atom stereocenters. The normalized spacial score (nSPS) is 11.3. The van der Waals surface area contributed by atoms with E-state index in [1.165, 1.54) is 21.2 Å². The van der Waals surface area contributed by atoms with E-state index < -0.39 is 16.1 Å². The van der Waals surface area contributed by atoms with Crippen molar-refractivity contribution in [2.24, 2.45) is 0 Å². The van der Waals surface area contributed by atoms with Gasteiger partial charge in [-0.25, -0.2) is 4.44 Å². The molecule has 0 aliphatic heterocycles. The summed E-state index contributed by atoms with van der Waals surface area (Å²) in [6.45, 7) is 4.56. The summed E-state index contributed by atoms with van der Waals surface area (Å²) in [6, 6.07) is 34.2. The zero-order valence-corrected chi connectivity index (χ0v) is 24.6. The van der Waals surface area contributed by atoms with E-state index in [0.717, 1.165) is 23.0 Å². The Kier molecular flexibility index (Phi) is 9.63. The molecule has 4 aromatic carbocycles. The maximum Gasteiger partial charge on any atom is 0.118 e. The SMILES string of the molecule is COc1ccc(P(c2ccc(OC)cc2)N(C(C)C)P(c2ccc(OC)cc2)c2ccc(OC)cc2)cc1. The van der Waals surface area contributed by atoms with Crippen molar-refractivity contribution < 1.29 is 18.9 Å². The average Bonchev–Trinajstić information content (AvgIpc) is 2.98. The Morgan fingerprint density at radius 1 is 0.421 bits per heavy atom. The molecule has 0 heterocycles. The van der Waals surface area contributed by atoms with E-state index in [-0.39, 0.29) is 6.04 Å². The zero-order chi connectivity index (χ0) is 27.1. The van der Waals surface area contributed by atoms with Gasteiger partial charge in [0.2, 0.25) is 0 Å². The van der Waals surface area contributed by atoms with Crippen LogP contribution in [-0.4, -0.2) is 38.9 Å². The van der Waals surface area contributed by atoms with Crippen LogP contribution < -0.4 is 40.2 Å². The fourth-order valence-electron chi connectivity index (χ4n) is 4.22. The van der Waals surface area contributed by atoms with E-state index in [0.29, 0.717) is 0 Å². The smallest absolute Gasteiger partial charge is 0.118 e. The number of nitrogens with zero attached hydrogens (tertiary/aromatic N) is 1. The lowest BCUT2D eigenvalue weighted by atomic mass is 10.3. The van der Waals surface area contributed by atoms with Crippen LogP contribution >= 0.6 is 16.1 Å². The van der Waals surface area contributed by atoms with E-state index in [1.54, 1.807) is 28.4 Å². The van der Waals surface area contributed by atoms with Gasteiger partial charge in [-0.05, 0) is 132 Å². The highest BCUT2D eigenvalue weighted by atomic mass is 31.2. The molecule has 0 aliphatic carbocycles. The van der Waals surface area contributed by atoms with E-state index in [9.17, 15) is 0 Å². The van der Waals surface area contributed by atoms with Crippen LogP contribution in [0, 0.1) is 0 Å². The quantitative estimate of drug-likeness (QED) is 0.221. The van der Waals surface area contributed by atoms with Gasteiger partial charge < -0.3 is 18.9 Å². The Bertz CT molecular complexity index is 1080. The Morgan fingerprint density at radius 3 is 0.789 bits per heavy atom. The second-order valence-corrected chi connectivity index (χ2v) is 13.3. The maximum atomic E-state index is 5.48. The van der Waals surface area contributed by atoms with Crippen molar-refractivity contribution in [1.29, 1.82) is 0 Å². The molecule has 38 heavy (non-hydrogen) atoms. The van der Waals surface area contributed by atoms with Gasteiger partial charge in [-0.15, -0.1) is 0 Å². The predicted molar refractivity (Wildman–Crippen MR) is 161 cm³/mol. The van der Waals surface area contributed by atoms with Gasteiger partial charge in [0.05, 0.1) is 28.4 Å². The van der Waals surface area contributed by atoms with Crippen molar-refractivity contribution in [2.75, 3.05) is 28.4 Å². The van der Waals surface area contributed by atoms with Crippen molar-refractivity contribution in [3.63, 3.8) is 0 Å². The first-order chi connectivity index (χ1) is 18.5. The summed E-state index contributed by atoms with van der Waals surface area (Å²) in [4.78, 5) is 0. The molecule has 0 fully saturated rings. The summed E-state index contributed by atoms with van der Waals surface area (Å²) in [5.41, 5.74) is 0. The molecule has 0 saturated heterocycles. The molecule has 0 bridgehead atoms. The van der Waals surface area contributed by atoms with Crippen molar-refractivity contribution >= 4 is 37.4 Å². The van der Waals surface area contributed by atoms with Gasteiger partial charge in [0.1, 0.15) is 23.0 Å². The van der Waals surface area contributed by atoms with Crippen LogP contribution in [0.25, 0.3) is 0 Å². The Balaban J connectivity index is 1.92. The molecule has 0 N–H and O–H groups in total. The Morgan fingerprint density at radius 2 is 0.632 bits per heavy atom. The average molecular weight is 548 g/mol. The van der Waals surface area contributed by atoms with Crippen LogP contribution in [0.5, 0.6) is 23.0 Å². The van der Waals surface area contributed by atoms with Gasteiger partial charge in [-0.1, -0.05) is 0 Å². The van der Waals surface area contributed by atoms with E-state index in [4.69, 9.17) is 18.9 Å². The van der Waals surface area contributed by atoms with E-state index >= 15 is 0 Å². The third-order valence-electron chi connectivity index (χ3n) is 6.14. The summed E-state index contributed by atoms with van der Waals surface area (Å²) in [7, 11) is 4.99. The minimum atomic E-state index is -0.909. The molecule has 7 heteroatoms. The highest BCUT2D eigenvalue weighted by molar-refractivity contribution is 7.84. The summed E-state index contributed by atoms with van der Waals surface area (Å²) < 4.78 is 24.6. The molecule has 0 aliphatic rings. The van der Waals surface area contributed by atoms with Crippen LogP contribution in [0.15, 0.2) is 97.1 Å². The fraction of sp³-hybridized carbons (Fsp3) is 0.226. The van der Waals surface area contributed by atoms with Gasteiger partial charge in [0.25, 0.3) is 0 Å². The van der Waals surface area contributed by atoms with Crippen LogP contribution in [0.1, 0.15) is 13.8 Å². The molecular formula is C31H35NO4P2. The van der Waals surface area contributed by atoms with Crippen LogP contribution in [0.4, 0.5) is 0 Å². The number of benzene rings is 4. The van der Waals surface area contributed by atoms with Crippen molar-refractivity contribution in [3.05, 3.63) is 97.1 Å². The highest BCUT2D eigenvalue weighted by Crippen LogP contribution is 2.56. The van der Waals surface area contributed by atoms with Crippen LogP contribution in [-0.2, 0) is 0 Å². The molecule has 5 nitrogen and oxygen atoms in total. The molecule has 0 aromatic heterocycles. The summed E-state index contributed by atoms with van der Waals surface area (Å²) in [5.74, 6) is 3.40. The lowest BCUT2D eigenvalue weighted by Crippen LogP contribution is -2.35. The standard InChI is InChI=1S/C31H35NO4P2/c1-23(2)32(37(28-15-7-24(33-3)8-16-28)29-17-9-25(34-4)10-18-29)38(30-19-11-26(35-5)12-20-30)31-21-13-27(36-6)14-22-31/h7-23H,1-6H3. The van der Waals surface area contributed by atoms with Crippen LogP contribution in [0.3, 0.4) is 0 Å². The minimum Gasteiger partial charge on any atom is -0.497 e. The number of hydrogen-bond donors (Lipinski definition) is 0. The molecule has 0 radical (unpaired) electrons. The number of ether oxygens (including phenoxy) is 4. The monoisotopic (exact) mass is 547 g/mol. The highest BCUT2D eigenvalue weighted by Gasteiger charge is 2.33. The summed E-state index contributed by atoms with van der Waals surface area (Å²) in [6.07, 6.45) is 0.